The minimum absolute atomic E-state index is 0.461. The van der Waals surface area contributed by atoms with Crippen LogP contribution in [0.25, 0.3) is 0 Å². The van der Waals surface area contributed by atoms with Gasteiger partial charge in [-0.1, -0.05) is 26.8 Å². The number of hydrogen-bond acceptors (Lipinski definition) is 4. The van der Waals surface area contributed by atoms with E-state index in [1.165, 1.54) is 13.8 Å². The molecular formula is C16H19F4N3O2S. The van der Waals surface area contributed by atoms with Gasteiger partial charge < -0.3 is 0 Å². The lowest BCUT2D eigenvalue weighted by Gasteiger charge is -2.43. The fraction of sp³-hybridized carbons (Fsp3) is 0.500. The number of benzene rings is 1. The van der Waals surface area contributed by atoms with Crippen LogP contribution in [-0.2, 0) is 21.8 Å². The van der Waals surface area contributed by atoms with E-state index >= 15 is 8.78 Å². The Hall–Kier alpha value is -1.97. The van der Waals surface area contributed by atoms with Gasteiger partial charge in [0.2, 0.25) is 9.84 Å². The second-order valence-electron chi connectivity index (χ2n) is 6.26. The molecule has 0 spiro atoms. The molecule has 2 aromatic rings. The Morgan fingerprint density at radius 2 is 1.88 bits per heavy atom. The molecule has 0 radical (unpaired) electrons. The summed E-state index contributed by atoms with van der Waals surface area (Å²) in [5.74, 6) is -4.08. The smallest absolute Gasteiger partial charge is 0.252 e. The molecule has 1 heterocycles. The molecule has 0 N–H and O–H groups in total. The molecular weight excluding hydrogens is 374 g/mol. The molecule has 0 amide bonds. The third-order valence-corrected chi connectivity index (χ3v) is 6.47. The largest absolute Gasteiger partial charge is 0.357 e. The van der Waals surface area contributed by atoms with Crippen LogP contribution in [0.5, 0.6) is 0 Å². The Balaban J connectivity index is 2.86. The van der Waals surface area contributed by atoms with Crippen LogP contribution in [-0.4, -0.2) is 34.2 Å². The maximum absolute atomic E-state index is 15.4. The first-order valence-electron chi connectivity index (χ1n) is 7.87. The van der Waals surface area contributed by atoms with Crippen molar-refractivity contribution < 1.29 is 26.0 Å². The maximum Gasteiger partial charge on any atom is 0.357 e. The van der Waals surface area contributed by atoms with Crippen LogP contribution in [0.1, 0.15) is 26.3 Å². The molecule has 0 aliphatic rings. The van der Waals surface area contributed by atoms with Gasteiger partial charge >= 0.3 is 5.25 Å². The highest BCUT2D eigenvalue weighted by atomic mass is 32.2. The van der Waals surface area contributed by atoms with Crippen molar-refractivity contribution >= 4 is 9.84 Å². The standard InChI is InChI=1S/C16H19F4N3O2S/c1-4-26(24,25)16(19,20)15(11(2)3,8-23-10-21-9-22-23)13-6-5-12(17)7-14(13)18/h5-7,9-11H,4,8H2,1-3H3. The first-order valence-corrected chi connectivity index (χ1v) is 9.53. The number of nitrogens with zero attached hydrogens (tertiary/aromatic N) is 3. The maximum atomic E-state index is 15.4. The van der Waals surface area contributed by atoms with E-state index in [-0.39, 0.29) is 0 Å². The van der Waals surface area contributed by atoms with Crippen LogP contribution in [0, 0.1) is 17.6 Å². The van der Waals surface area contributed by atoms with E-state index in [1.807, 2.05) is 0 Å². The van der Waals surface area contributed by atoms with E-state index < -0.39 is 55.9 Å². The van der Waals surface area contributed by atoms with E-state index in [2.05, 4.69) is 10.1 Å². The molecule has 0 aliphatic heterocycles. The summed E-state index contributed by atoms with van der Waals surface area (Å²) in [5, 5.41) is -0.581. The van der Waals surface area contributed by atoms with Gasteiger partial charge in [-0.25, -0.2) is 22.2 Å². The second kappa shape index (κ2) is 6.98. The van der Waals surface area contributed by atoms with Gasteiger partial charge in [0.05, 0.1) is 17.7 Å². The Kier molecular flexibility index (Phi) is 5.46. The number of sulfone groups is 1. The van der Waals surface area contributed by atoms with Crippen LogP contribution >= 0.6 is 0 Å². The minimum atomic E-state index is -4.93. The van der Waals surface area contributed by atoms with Crippen molar-refractivity contribution in [1.29, 1.82) is 0 Å². The molecule has 1 aromatic carbocycles. The lowest BCUT2D eigenvalue weighted by molar-refractivity contribution is -0.0369. The molecule has 5 nitrogen and oxygen atoms in total. The Morgan fingerprint density at radius 3 is 2.35 bits per heavy atom. The average molecular weight is 393 g/mol. The Morgan fingerprint density at radius 1 is 1.23 bits per heavy atom. The van der Waals surface area contributed by atoms with E-state index in [0.717, 1.165) is 36.4 Å². The second-order valence-corrected chi connectivity index (χ2v) is 8.58. The van der Waals surface area contributed by atoms with Gasteiger partial charge in [0, 0.05) is 11.6 Å². The molecule has 1 aromatic heterocycles. The molecule has 1 unspecified atom stereocenters. The fourth-order valence-corrected chi connectivity index (χ4v) is 4.37. The molecule has 26 heavy (non-hydrogen) atoms. The molecule has 0 saturated heterocycles. The zero-order chi connectivity index (χ0) is 19.8. The van der Waals surface area contributed by atoms with Crippen molar-refractivity contribution in [3.05, 3.63) is 48.1 Å². The molecule has 0 aliphatic carbocycles. The van der Waals surface area contributed by atoms with E-state index in [0.29, 0.717) is 6.07 Å². The van der Waals surface area contributed by atoms with Crippen LogP contribution in [0.15, 0.2) is 30.9 Å². The third-order valence-electron chi connectivity index (χ3n) is 4.57. The molecule has 0 bridgehead atoms. The summed E-state index contributed by atoms with van der Waals surface area (Å²) in [6, 6.07) is 2.15. The monoisotopic (exact) mass is 393 g/mol. The zero-order valence-electron chi connectivity index (χ0n) is 14.5. The molecule has 0 saturated carbocycles. The third kappa shape index (κ3) is 3.10. The SMILES string of the molecule is CCS(=O)(=O)C(F)(F)C(Cn1cncn1)(c1ccc(F)cc1F)C(C)C. The summed E-state index contributed by atoms with van der Waals surface area (Å²) in [5.41, 5.74) is -3.11. The Bertz CT molecular complexity index is 870. The number of halogens is 4. The summed E-state index contributed by atoms with van der Waals surface area (Å²) < 4.78 is 84.3. The molecule has 2 rings (SSSR count). The summed E-state index contributed by atoms with van der Waals surface area (Å²) in [7, 11) is -4.93. The van der Waals surface area contributed by atoms with E-state index in [4.69, 9.17) is 0 Å². The fourth-order valence-electron chi connectivity index (χ4n) is 3.04. The first-order chi connectivity index (χ1) is 12.0. The van der Waals surface area contributed by atoms with Crippen molar-refractivity contribution in [1.82, 2.24) is 14.8 Å². The Labute approximate surface area is 149 Å². The number of hydrogen-bond donors (Lipinski definition) is 0. The predicted molar refractivity (Wildman–Crippen MR) is 87.3 cm³/mol. The lowest BCUT2D eigenvalue weighted by atomic mass is 9.71. The average Bonchev–Trinajstić information content (AvgIpc) is 3.05. The van der Waals surface area contributed by atoms with Crippen LogP contribution in [0.4, 0.5) is 17.6 Å². The molecule has 10 heteroatoms. The summed E-state index contributed by atoms with van der Waals surface area (Å²) >= 11 is 0. The highest BCUT2D eigenvalue weighted by Gasteiger charge is 2.65. The normalized spacial score (nSPS) is 15.2. The highest BCUT2D eigenvalue weighted by molar-refractivity contribution is 7.92. The molecule has 144 valence electrons. The topological polar surface area (TPSA) is 64.8 Å². The molecule has 0 fully saturated rings. The van der Waals surface area contributed by atoms with Gasteiger partial charge in [-0.3, -0.25) is 4.68 Å². The summed E-state index contributed by atoms with van der Waals surface area (Å²) in [6.07, 6.45) is 2.23. The van der Waals surface area contributed by atoms with Gasteiger partial charge in [0.25, 0.3) is 0 Å². The number of rotatable bonds is 7. The van der Waals surface area contributed by atoms with Crippen LogP contribution in [0.2, 0.25) is 0 Å². The van der Waals surface area contributed by atoms with Crippen molar-refractivity contribution in [3.8, 4) is 0 Å². The quantitative estimate of drug-likeness (QED) is 0.678. The van der Waals surface area contributed by atoms with Gasteiger partial charge in [0.15, 0.2) is 0 Å². The number of alkyl halides is 2. The number of aromatic nitrogens is 3. The molecule has 1 atom stereocenters. The van der Waals surface area contributed by atoms with Crippen LogP contribution in [0.3, 0.4) is 0 Å². The summed E-state index contributed by atoms with van der Waals surface area (Å²) in [6.45, 7) is 3.15. The van der Waals surface area contributed by atoms with Crippen molar-refractivity contribution in [3.63, 3.8) is 0 Å². The van der Waals surface area contributed by atoms with Crippen molar-refractivity contribution in [2.45, 2.75) is 38.0 Å². The minimum Gasteiger partial charge on any atom is -0.252 e. The summed E-state index contributed by atoms with van der Waals surface area (Å²) in [4.78, 5) is 3.66. The van der Waals surface area contributed by atoms with Gasteiger partial charge in [0.1, 0.15) is 24.3 Å². The van der Waals surface area contributed by atoms with Crippen molar-refractivity contribution in [2.24, 2.45) is 5.92 Å². The van der Waals surface area contributed by atoms with Crippen LogP contribution < -0.4 is 0 Å². The van der Waals surface area contributed by atoms with Gasteiger partial charge in [-0.05, 0) is 12.0 Å². The lowest BCUT2D eigenvalue weighted by Crippen LogP contribution is -2.57. The van der Waals surface area contributed by atoms with Gasteiger partial charge in [-0.2, -0.15) is 13.9 Å². The first kappa shape index (κ1) is 20.3. The van der Waals surface area contributed by atoms with Gasteiger partial charge in [-0.15, -0.1) is 0 Å². The van der Waals surface area contributed by atoms with Crippen molar-refractivity contribution in [2.75, 3.05) is 5.75 Å². The zero-order valence-corrected chi connectivity index (χ0v) is 15.3. The predicted octanol–water partition coefficient (Wildman–Crippen LogP) is 3.18. The van der Waals surface area contributed by atoms with E-state index in [1.54, 1.807) is 0 Å². The highest BCUT2D eigenvalue weighted by Crippen LogP contribution is 2.50. The van der Waals surface area contributed by atoms with E-state index in [9.17, 15) is 17.2 Å².